The van der Waals surface area contributed by atoms with Gasteiger partial charge in [-0.2, -0.15) is 0 Å². The van der Waals surface area contributed by atoms with E-state index in [-0.39, 0.29) is 54.5 Å². The first-order valence-electron chi connectivity index (χ1n) is 11.6. The number of rotatable bonds is 5. The third kappa shape index (κ3) is 4.21. The maximum Gasteiger partial charge on any atom is 0.345 e. The highest BCUT2D eigenvalue weighted by atomic mass is 16.6. The van der Waals surface area contributed by atoms with E-state index in [0.29, 0.717) is 0 Å². The van der Waals surface area contributed by atoms with Crippen molar-refractivity contribution in [1.82, 2.24) is 9.80 Å². The number of nitro groups is 1. The molecule has 0 spiro atoms. The number of furan rings is 1. The van der Waals surface area contributed by atoms with Crippen LogP contribution in [0.4, 0.5) is 5.69 Å². The van der Waals surface area contributed by atoms with Gasteiger partial charge in [-0.05, 0) is 24.3 Å². The summed E-state index contributed by atoms with van der Waals surface area (Å²) in [5, 5.41) is 11.9. The molecular formula is C26H19N3O9. The van der Waals surface area contributed by atoms with E-state index in [4.69, 9.17) is 9.15 Å². The Balaban J connectivity index is 1.28. The van der Waals surface area contributed by atoms with Crippen molar-refractivity contribution >= 4 is 35.0 Å². The standard InChI is InChI=1S/C26H19N3O9/c30-20(27-9-11-28(12-10-27)25(33)19-6-3-13-37-19)14-38-26(34)18-8-7-17-21(22(18)29(35)36)24(32)16-5-2-1-4-15(16)23(17)31/h1-8,13H,9-12,14H2. The van der Waals surface area contributed by atoms with Gasteiger partial charge in [0.15, 0.2) is 18.2 Å². The summed E-state index contributed by atoms with van der Waals surface area (Å²) in [5.74, 6) is -3.17. The summed E-state index contributed by atoms with van der Waals surface area (Å²) in [7, 11) is 0. The van der Waals surface area contributed by atoms with Crippen LogP contribution in [0.1, 0.15) is 52.8 Å². The Labute approximate surface area is 214 Å². The van der Waals surface area contributed by atoms with E-state index in [0.717, 1.165) is 6.07 Å². The van der Waals surface area contributed by atoms with E-state index < -0.39 is 51.8 Å². The summed E-state index contributed by atoms with van der Waals surface area (Å²) in [6.07, 6.45) is 1.39. The van der Waals surface area contributed by atoms with Crippen LogP contribution in [0.3, 0.4) is 0 Å². The number of hydrogen-bond acceptors (Lipinski definition) is 9. The Morgan fingerprint density at radius 3 is 2.16 bits per heavy atom. The van der Waals surface area contributed by atoms with Gasteiger partial charge in [0.2, 0.25) is 5.78 Å². The summed E-state index contributed by atoms with van der Waals surface area (Å²) in [6.45, 7) is 0.171. The molecule has 0 bridgehead atoms. The highest BCUT2D eigenvalue weighted by molar-refractivity contribution is 6.30. The molecule has 2 aliphatic rings. The van der Waals surface area contributed by atoms with Crippen molar-refractivity contribution in [2.24, 2.45) is 0 Å². The number of nitrogens with zero attached hydrogens (tertiary/aromatic N) is 3. The second kappa shape index (κ2) is 9.73. The summed E-state index contributed by atoms with van der Waals surface area (Å²) < 4.78 is 10.2. The van der Waals surface area contributed by atoms with Crippen LogP contribution in [0.15, 0.2) is 59.2 Å². The first-order valence-corrected chi connectivity index (χ1v) is 11.6. The molecule has 38 heavy (non-hydrogen) atoms. The third-order valence-electron chi connectivity index (χ3n) is 6.45. The lowest BCUT2D eigenvalue weighted by atomic mass is 9.82. The maximum absolute atomic E-state index is 13.1. The highest BCUT2D eigenvalue weighted by Crippen LogP contribution is 2.35. The molecule has 5 rings (SSSR count). The second-order valence-corrected chi connectivity index (χ2v) is 8.57. The molecule has 1 aliphatic carbocycles. The number of esters is 1. The zero-order valence-electron chi connectivity index (χ0n) is 19.7. The molecule has 12 nitrogen and oxygen atoms in total. The van der Waals surface area contributed by atoms with Gasteiger partial charge >= 0.3 is 5.97 Å². The van der Waals surface area contributed by atoms with Gasteiger partial charge in [0.05, 0.1) is 11.2 Å². The van der Waals surface area contributed by atoms with Gasteiger partial charge in [-0.25, -0.2) is 4.79 Å². The number of carbonyl (C=O) groups is 5. The van der Waals surface area contributed by atoms with Crippen LogP contribution < -0.4 is 0 Å². The minimum atomic E-state index is -1.18. The van der Waals surface area contributed by atoms with Crippen molar-refractivity contribution in [3.8, 4) is 0 Å². The zero-order valence-corrected chi connectivity index (χ0v) is 19.7. The Morgan fingerprint density at radius 1 is 0.868 bits per heavy atom. The smallest absolute Gasteiger partial charge is 0.345 e. The quantitative estimate of drug-likeness (QED) is 0.220. The number of benzene rings is 2. The van der Waals surface area contributed by atoms with Gasteiger partial charge in [0.25, 0.3) is 17.5 Å². The van der Waals surface area contributed by atoms with Crippen LogP contribution in [0.5, 0.6) is 0 Å². The van der Waals surface area contributed by atoms with Crippen molar-refractivity contribution in [1.29, 1.82) is 0 Å². The number of ether oxygens (including phenoxy) is 1. The topological polar surface area (TPSA) is 157 Å². The molecule has 0 unspecified atom stereocenters. The van der Waals surface area contributed by atoms with Gasteiger partial charge in [-0.3, -0.25) is 29.3 Å². The normalized spacial score (nSPS) is 14.5. The molecule has 192 valence electrons. The third-order valence-corrected chi connectivity index (χ3v) is 6.45. The lowest BCUT2D eigenvalue weighted by molar-refractivity contribution is -0.385. The average molecular weight is 517 g/mol. The summed E-state index contributed by atoms with van der Waals surface area (Å²) in [5.41, 5.74) is -1.95. The lowest BCUT2D eigenvalue weighted by Crippen LogP contribution is -2.51. The molecule has 0 saturated carbocycles. The van der Waals surface area contributed by atoms with Gasteiger partial charge in [-0.15, -0.1) is 0 Å². The minimum Gasteiger partial charge on any atom is -0.459 e. The molecule has 12 heteroatoms. The number of nitro benzene ring substituents is 1. The molecular weight excluding hydrogens is 498 g/mol. The van der Waals surface area contributed by atoms with Gasteiger partial charge in [0, 0.05) is 42.9 Å². The lowest BCUT2D eigenvalue weighted by Gasteiger charge is -2.34. The fourth-order valence-electron chi connectivity index (χ4n) is 4.53. The van der Waals surface area contributed by atoms with E-state index in [1.165, 1.54) is 40.3 Å². The van der Waals surface area contributed by atoms with Gasteiger partial charge in [-0.1, -0.05) is 24.3 Å². The number of hydrogen-bond donors (Lipinski definition) is 0. The molecule has 0 N–H and O–H groups in total. The molecule has 1 aromatic heterocycles. The Hall–Kier alpha value is -5.13. The highest BCUT2D eigenvalue weighted by Gasteiger charge is 2.39. The molecule has 1 saturated heterocycles. The summed E-state index contributed by atoms with van der Waals surface area (Å²) in [6, 6.07) is 11.3. The van der Waals surface area contributed by atoms with Crippen LogP contribution in [0.2, 0.25) is 0 Å². The molecule has 1 aliphatic heterocycles. The molecule has 1 fully saturated rings. The largest absolute Gasteiger partial charge is 0.459 e. The van der Waals surface area contributed by atoms with E-state index in [1.807, 2.05) is 0 Å². The van der Waals surface area contributed by atoms with Crippen LogP contribution in [-0.2, 0) is 9.53 Å². The number of carbonyl (C=O) groups excluding carboxylic acids is 5. The molecule has 0 atom stereocenters. The first-order chi connectivity index (χ1) is 18.3. The number of fused-ring (bicyclic) bond motifs is 2. The summed E-state index contributed by atoms with van der Waals surface area (Å²) >= 11 is 0. The number of amides is 2. The van der Waals surface area contributed by atoms with E-state index >= 15 is 0 Å². The van der Waals surface area contributed by atoms with Crippen LogP contribution >= 0.6 is 0 Å². The monoisotopic (exact) mass is 517 g/mol. The molecule has 0 radical (unpaired) electrons. The van der Waals surface area contributed by atoms with Crippen LogP contribution in [-0.4, -0.2) is 76.9 Å². The van der Waals surface area contributed by atoms with Crippen molar-refractivity contribution in [3.63, 3.8) is 0 Å². The Morgan fingerprint density at radius 2 is 1.53 bits per heavy atom. The molecule has 3 aromatic rings. The average Bonchev–Trinajstić information content (AvgIpc) is 3.48. The molecule has 2 aromatic carbocycles. The fraction of sp³-hybridized carbons (Fsp3) is 0.192. The van der Waals surface area contributed by atoms with Gasteiger partial charge < -0.3 is 19.0 Å². The predicted octanol–water partition coefficient (Wildman–Crippen LogP) is 2.10. The maximum atomic E-state index is 13.1. The number of piperazine rings is 1. The first kappa shape index (κ1) is 24.6. The van der Waals surface area contributed by atoms with E-state index in [1.54, 1.807) is 18.2 Å². The second-order valence-electron chi connectivity index (χ2n) is 8.57. The zero-order chi connectivity index (χ0) is 27.0. The van der Waals surface area contributed by atoms with Gasteiger partial charge in [0.1, 0.15) is 11.1 Å². The van der Waals surface area contributed by atoms with Crippen molar-refractivity contribution < 1.29 is 38.1 Å². The Bertz CT molecular complexity index is 1500. The summed E-state index contributed by atoms with van der Waals surface area (Å²) in [4.78, 5) is 77.7. The van der Waals surface area contributed by atoms with Crippen molar-refractivity contribution in [2.45, 2.75) is 0 Å². The SMILES string of the molecule is O=C1c2ccccc2C(=O)c2c1ccc(C(=O)OCC(=O)N1CCN(C(=O)c3ccco3)CC1)c2[N+](=O)[O-]. The van der Waals surface area contributed by atoms with Crippen molar-refractivity contribution in [3.05, 3.63) is 98.5 Å². The fourth-order valence-corrected chi connectivity index (χ4v) is 4.53. The van der Waals surface area contributed by atoms with Crippen molar-refractivity contribution in [2.75, 3.05) is 32.8 Å². The molecule has 2 amide bonds. The molecule has 2 heterocycles. The van der Waals surface area contributed by atoms with E-state index in [9.17, 15) is 34.1 Å². The van der Waals surface area contributed by atoms with E-state index in [2.05, 4.69) is 0 Å². The predicted molar refractivity (Wildman–Crippen MR) is 128 cm³/mol. The Kier molecular flexibility index (Phi) is 6.29. The van der Waals surface area contributed by atoms with Crippen LogP contribution in [0.25, 0.3) is 0 Å². The van der Waals surface area contributed by atoms with Crippen LogP contribution in [0, 0.1) is 10.1 Å². The number of ketones is 2. The minimum absolute atomic E-state index is 0.00142.